The second kappa shape index (κ2) is 7.11. The van der Waals surface area contributed by atoms with Crippen LogP contribution < -0.4 is 10.6 Å². The fraction of sp³-hybridized carbons (Fsp3) is 0.294. The monoisotopic (exact) mass is 314 g/mol. The van der Waals surface area contributed by atoms with E-state index in [1.807, 2.05) is 0 Å². The minimum atomic E-state index is -0.450. The molecule has 1 atom stereocenters. The molecule has 0 bridgehead atoms. The first-order valence-corrected chi connectivity index (χ1v) is 7.58. The van der Waals surface area contributed by atoms with Gasteiger partial charge in [-0.25, -0.2) is 4.79 Å². The summed E-state index contributed by atoms with van der Waals surface area (Å²) in [6.45, 7) is 1.29. The Bertz CT molecular complexity index is 676. The van der Waals surface area contributed by atoms with Crippen molar-refractivity contribution in [1.29, 1.82) is 0 Å². The molecule has 1 aliphatic heterocycles. The molecule has 0 saturated carbocycles. The first-order chi connectivity index (χ1) is 11.2. The zero-order valence-corrected chi connectivity index (χ0v) is 12.6. The Kier molecular flexibility index (Phi) is 4.73. The number of rotatable bonds is 5. The highest BCUT2D eigenvalue weighted by atomic mass is 16.5. The summed E-state index contributed by atoms with van der Waals surface area (Å²) in [5.41, 5.74) is 0.726. The van der Waals surface area contributed by atoms with Crippen molar-refractivity contribution in [3.05, 3.63) is 54.0 Å². The minimum absolute atomic E-state index is 0.184. The van der Waals surface area contributed by atoms with Crippen molar-refractivity contribution >= 4 is 17.6 Å². The zero-order chi connectivity index (χ0) is 16.1. The quantitative estimate of drug-likeness (QED) is 0.829. The van der Waals surface area contributed by atoms with Crippen LogP contribution in [0.1, 0.15) is 33.8 Å². The maximum Gasteiger partial charge on any atom is 0.340 e. The molecule has 0 radical (unpaired) electrons. The Labute approximate surface area is 133 Å². The van der Waals surface area contributed by atoms with Crippen molar-refractivity contribution in [2.45, 2.75) is 18.9 Å². The van der Waals surface area contributed by atoms with Crippen molar-refractivity contribution in [2.75, 3.05) is 18.5 Å². The van der Waals surface area contributed by atoms with Crippen LogP contribution in [0.15, 0.2) is 47.1 Å². The molecule has 6 nitrogen and oxygen atoms in total. The normalized spacial score (nSPS) is 17.0. The molecule has 1 aliphatic rings. The van der Waals surface area contributed by atoms with E-state index >= 15 is 0 Å². The summed E-state index contributed by atoms with van der Waals surface area (Å²) >= 11 is 0. The minimum Gasteiger partial charge on any atom is -0.460 e. The summed E-state index contributed by atoms with van der Waals surface area (Å²) in [4.78, 5) is 24.3. The fourth-order valence-corrected chi connectivity index (χ4v) is 2.51. The third kappa shape index (κ3) is 3.78. The van der Waals surface area contributed by atoms with Crippen molar-refractivity contribution in [1.82, 2.24) is 5.32 Å². The average molecular weight is 314 g/mol. The summed E-state index contributed by atoms with van der Waals surface area (Å²) in [5, 5.41) is 5.94. The number of carbonyl (C=O) groups excluding carboxylic acids is 2. The van der Waals surface area contributed by atoms with E-state index in [-0.39, 0.29) is 11.8 Å². The average Bonchev–Trinajstić information content (AvgIpc) is 3.26. The van der Waals surface area contributed by atoms with Gasteiger partial charge < -0.3 is 19.8 Å². The molecular weight excluding hydrogens is 296 g/mol. The summed E-state index contributed by atoms with van der Waals surface area (Å²) < 4.78 is 10.4. The lowest BCUT2D eigenvalue weighted by molar-refractivity contribution is 0.0474. The predicted molar refractivity (Wildman–Crippen MR) is 84.4 cm³/mol. The lowest BCUT2D eigenvalue weighted by Gasteiger charge is -2.13. The number of carbonyl (C=O) groups is 2. The molecule has 1 amide bonds. The van der Waals surface area contributed by atoms with E-state index in [4.69, 9.17) is 9.15 Å². The lowest BCUT2D eigenvalue weighted by atomic mass is 10.1. The molecule has 3 rings (SSSR count). The number of benzene rings is 1. The fourth-order valence-electron chi connectivity index (χ4n) is 2.51. The van der Waals surface area contributed by atoms with Gasteiger partial charge in [-0.3, -0.25) is 4.79 Å². The predicted octanol–water partition coefficient (Wildman–Crippen LogP) is 2.44. The standard InChI is InChI=1S/C17H18N2O4/c20-16(15-8-4-10-22-15)19-14-7-2-1-6-13(14)17(21)23-11-12-5-3-9-18-12/h1-2,4,6-8,10,12,18H,3,5,9,11H2,(H,19,20). The molecule has 120 valence electrons. The highest BCUT2D eigenvalue weighted by Crippen LogP contribution is 2.18. The van der Waals surface area contributed by atoms with Gasteiger partial charge in [0.05, 0.1) is 17.5 Å². The molecule has 0 spiro atoms. The third-order valence-corrected chi connectivity index (χ3v) is 3.72. The van der Waals surface area contributed by atoms with E-state index in [0.29, 0.717) is 17.9 Å². The Balaban J connectivity index is 1.67. The van der Waals surface area contributed by atoms with Crippen molar-refractivity contribution in [2.24, 2.45) is 0 Å². The van der Waals surface area contributed by atoms with Gasteiger partial charge in [0.15, 0.2) is 5.76 Å². The highest BCUT2D eigenvalue weighted by Gasteiger charge is 2.19. The lowest BCUT2D eigenvalue weighted by Crippen LogP contribution is -2.28. The smallest absolute Gasteiger partial charge is 0.340 e. The molecule has 1 unspecified atom stereocenters. The highest BCUT2D eigenvalue weighted by molar-refractivity contribution is 6.06. The Hall–Kier alpha value is -2.60. The van der Waals surface area contributed by atoms with Crippen LogP contribution in [-0.2, 0) is 4.74 Å². The number of hydrogen-bond donors (Lipinski definition) is 2. The van der Waals surface area contributed by atoms with Crippen LogP contribution in [0, 0.1) is 0 Å². The molecule has 1 aromatic heterocycles. The van der Waals surface area contributed by atoms with Crippen molar-refractivity contribution < 1.29 is 18.7 Å². The van der Waals surface area contributed by atoms with Gasteiger partial charge in [0.25, 0.3) is 5.91 Å². The Morgan fingerprint density at radius 3 is 2.87 bits per heavy atom. The maximum absolute atomic E-state index is 12.3. The molecule has 1 fully saturated rings. The van der Waals surface area contributed by atoms with Gasteiger partial charge in [-0.1, -0.05) is 12.1 Å². The maximum atomic E-state index is 12.3. The number of anilines is 1. The SMILES string of the molecule is O=C(Nc1ccccc1C(=O)OCC1CCCN1)c1ccco1. The first kappa shape index (κ1) is 15.3. The van der Waals surface area contributed by atoms with Crippen LogP contribution in [0.2, 0.25) is 0 Å². The Morgan fingerprint density at radius 1 is 1.26 bits per heavy atom. The summed E-state index contributed by atoms with van der Waals surface area (Å²) in [6.07, 6.45) is 3.52. The van der Waals surface area contributed by atoms with Gasteiger partial charge in [-0.15, -0.1) is 0 Å². The van der Waals surface area contributed by atoms with Crippen LogP contribution in [0.25, 0.3) is 0 Å². The molecule has 0 aliphatic carbocycles. The second-order valence-electron chi connectivity index (χ2n) is 5.37. The number of hydrogen-bond acceptors (Lipinski definition) is 5. The summed E-state index contributed by atoms with van der Waals surface area (Å²) in [5.74, 6) is -0.676. The van der Waals surface area contributed by atoms with Crippen LogP contribution in [-0.4, -0.2) is 31.1 Å². The van der Waals surface area contributed by atoms with E-state index in [1.54, 1.807) is 36.4 Å². The van der Waals surface area contributed by atoms with Gasteiger partial charge in [-0.2, -0.15) is 0 Å². The number of para-hydroxylation sites is 1. The first-order valence-electron chi connectivity index (χ1n) is 7.58. The zero-order valence-electron chi connectivity index (χ0n) is 12.6. The van der Waals surface area contributed by atoms with Crippen molar-refractivity contribution in [3.8, 4) is 0 Å². The largest absolute Gasteiger partial charge is 0.460 e. The van der Waals surface area contributed by atoms with Crippen LogP contribution in [0.4, 0.5) is 5.69 Å². The van der Waals surface area contributed by atoms with Crippen molar-refractivity contribution in [3.63, 3.8) is 0 Å². The number of amides is 1. The topological polar surface area (TPSA) is 80.6 Å². The van der Waals surface area contributed by atoms with Crippen LogP contribution in [0.3, 0.4) is 0 Å². The molecule has 1 saturated heterocycles. The summed E-state index contributed by atoms with van der Waals surface area (Å²) in [6, 6.07) is 10.2. The van der Waals surface area contributed by atoms with Crippen LogP contribution in [0.5, 0.6) is 0 Å². The summed E-state index contributed by atoms with van der Waals surface area (Å²) in [7, 11) is 0. The Morgan fingerprint density at radius 2 is 2.13 bits per heavy atom. The molecular formula is C17H18N2O4. The van der Waals surface area contributed by atoms with Gasteiger partial charge in [0.2, 0.25) is 0 Å². The van der Waals surface area contributed by atoms with E-state index in [9.17, 15) is 9.59 Å². The van der Waals surface area contributed by atoms with Crippen LogP contribution >= 0.6 is 0 Å². The second-order valence-corrected chi connectivity index (χ2v) is 5.37. The van der Waals surface area contributed by atoms with Gasteiger partial charge in [-0.05, 0) is 43.7 Å². The number of nitrogens with one attached hydrogen (secondary N) is 2. The van der Waals surface area contributed by atoms with Gasteiger partial charge in [0.1, 0.15) is 6.61 Å². The molecule has 6 heteroatoms. The third-order valence-electron chi connectivity index (χ3n) is 3.72. The van der Waals surface area contributed by atoms with Gasteiger partial charge >= 0.3 is 5.97 Å². The molecule has 1 aromatic carbocycles. The van der Waals surface area contributed by atoms with E-state index in [1.165, 1.54) is 6.26 Å². The van der Waals surface area contributed by atoms with E-state index in [0.717, 1.165) is 19.4 Å². The van der Waals surface area contributed by atoms with E-state index in [2.05, 4.69) is 10.6 Å². The molecule has 2 aromatic rings. The molecule has 23 heavy (non-hydrogen) atoms. The number of ether oxygens (including phenoxy) is 1. The molecule has 2 heterocycles. The number of esters is 1. The van der Waals surface area contributed by atoms with E-state index < -0.39 is 11.9 Å². The molecule has 2 N–H and O–H groups in total. The van der Waals surface area contributed by atoms with Gasteiger partial charge in [0, 0.05) is 6.04 Å². The number of furan rings is 1.